The second-order valence-electron chi connectivity index (χ2n) is 3.15. The highest BCUT2D eigenvalue weighted by atomic mass is 35.5. The summed E-state index contributed by atoms with van der Waals surface area (Å²) in [7, 11) is 1.75. The molecular formula is C11H15ClN2O. The molecule has 0 aromatic heterocycles. The lowest BCUT2D eigenvalue weighted by Gasteiger charge is -2.21. The molecule has 0 heterocycles. The Kier molecular flexibility index (Phi) is 4.59. The van der Waals surface area contributed by atoms with Crippen molar-refractivity contribution in [3.05, 3.63) is 29.3 Å². The quantitative estimate of drug-likeness (QED) is 0.851. The first-order valence-electron chi connectivity index (χ1n) is 4.89. The highest BCUT2D eigenvalue weighted by Gasteiger charge is 2.12. The van der Waals surface area contributed by atoms with Gasteiger partial charge in [0.15, 0.2) is 0 Å². The van der Waals surface area contributed by atoms with Crippen LogP contribution in [0.4, 0.5) is 5.69 Å². The van der Waals surface area contributed by atoms with Gasteiger partial charge in [0.05, 0.1) is 6.54 Å². The molecule has 0 aliphatic rings. The summed E-state index contributed by atoms with van der Waals surface area (Å²) in [4.78, 5) is 13.4. The lowest BCUT2D eigenvalue weighted by molar-refractivity contribution is -0.117. The Morgan fingerprint density at radius 2 is 2.27 bits per heavy atom. The summed E-state index contributed by atoms with van der Waals surface area (Å²) in [6.45, 7) is 2.91. The van der Waals surface area contributed by atoms with E-state index in [9.17, 15) is 4.79 Å². The van der Waals surface area contributed by atoms with Crippen LogP contribution in [0.15, 0.2) is 24.3 Å². The van der Waals surface area contributed by atoms with Crippen LogP contribution in [0.1, 0.15) is 6.92 Å². The molecular weight excluding hydrogens is 212 g/mol. The number of anilines is 1. The molecule has 0 saturated carbocycles. The Morgan fingerprint density at radius 1 is 1.53 bits per heavy atom. The first-order valence-corrected chi connectivity index (χ1v) is 5.27. The van der Waals surface area contributed by atoms with Crippen molar-refractivity contribution in [1.29, 1.82) is 0 Å². The van der Waals surface area contributed by atoms with Crippen LogP contribution < -0.4 is 10.2 Å². The molecule has 15 heavy (non-hydrogen) atoms. The van der Waals surface area contributed by atoms with Crippen LogP contribution in [0.25, 0.3) is 0 Å². The summed E-state index contributed by atoms with van der Waals surface area (Å²) >= 11 is 5.87. The van der Waals surface area contributed by atoms with E-state index in [4.69, 9.17) is 11.6 Å². The van der Waals surface area contributed by atoms with Crippen LogP contribution in [-0.4, -0.2) is 26.0 Å². The van der Waals surface area contributed by atoms with E-state index >= 15 is 0 Å². The number of carbonyl (C=O) groups excluding carboxylic acids is 1. The zero-order chi connectivity index (χ0) is 11.3. The van der Waals surface area contributed by atoms with Gasteiger partial charge in [-0.2, -0.15) is 0 Å². The Labute approximate surface area is 95.0 Å². The number of likely N-dealkylation sites (N-methyl/N-ethyl adjacent to an activating group) is 2. The molecule has 0 bridgehead atoms. The molecule has 0 aliphatic heterocycles. The molecule has 82 valence electrons. The lowest BCUT2D eigenvalue weighted by Crippen LogP contribution is -2.37. The number of benzene rings is 1. The van der Waals surface area contributed by atoms with Gasteiger partial charge in [0.1, 0.15) is 0 Å². The molecule has 1 aromatic rings. The summed E-state index contributed by atoms with van der Waals surface area (Å²) in [5.74, 6) is 0.0438. The van der Waals surface area contributed by atoms with Gasteiger partial charge in [0.25, 0.3) is 0 Å². The Hall–Kier alpha value is -1.06. The third-order valence-electron chi connectivity index (χ3n) is 2.07. The molecule has 0 atom stereocenters. The van der Waals surface area contributed by atoms with E-state index in [1.165, 1.54) is 0 Å². The van der Waals surface area contributed by atoms with Crippen molar-refractivity contribution in [3.8, 4) is 0 Å². The Bertz CT molecular complexity index is 341. The fourth-order valence-electron chi connectivity index (χ4n) is 1.39. The van der Waals surface area contributed by atoms with E-state index in [1.807, 2.05) is 19.1 Å². The van der Waals surface area contributed by atoms with Crippen molar-refractivity contribution in [2.75, 3.05) is 25.0 Å². The van der Waals surface area contributed by atoms with Crippen LogP contribution in [0.3, 0.4) is 0 Å². The number of hydrogen-bond acceptors (Lipinski definition) is 2. The minimum Gasteiger partial charge on any atom is -0.312 e. The number of nitrogens with one attached hydrogen (secondary N) is 1. The van der Waals surface area contributed by atoms with E-state index < -0.39 is 0 Å². The van der Waals surface area contributed by atoms with Crippen molar-refractivity contribution < 1.29 is 4.79 Å². The maximum absolute atomic E-state index is 11.7. The maximum Gasteiger partial charge on any atom is 0.240 e. The summed E-state index contributed by atoms with van der Waals surface area (Å²) in [6.07, 6.45) is 0. The number of carbonyl (C=O) groups is 1. The van der Waals surface area contributed by atoms with Crippen molar-refractivity contribution in [3.63, 3.8) is 0 Å². The highest BCUT2D eigenvalue weighted by molar-refractivity contribution is 6.30. The van der Waals surface area contributed by atoms with Crippen LogP contribution in [0.2, 0.25) is 5.02 Å². The monoisotopic (exact) mass is 226 g/mol. The Morgan fingerprint density at radius 3 is 2.80 bits per heavy atom. The summed E-state index contributed by atoms with van der Waals surface area (Å²) in [5.41, 5.74) is 0.838. The van der Waals surface area contributed by atoms with Crippen molar-refractivity contribution in [2.24, 2.45) is 0 Å². The molecule has 0 unspecified atom stereocenters. The standard InChI is InChI=1S/C11H15ClN2O/c1-3-14(11(15)8-13-2)10-6-4-5-9(12)7-10/h4-7,13H,3,8H2,1-2H3. The SMILES string of the molecule is CCN(C(=O)CNC)c1cccc(Cl)c1. The number of halogens is 1. The van der Waals surface area contributed by atoms with Gasteiger partial charge in [0.2, 0.25) is 5.91 Å². The number of rotatable bonds is 4. The molecule has 1 amide bonds. The van der Waals surface area contributed by atoms with Crippen molar-refractivity contribution >= 4 is 23.2 Å². The minimum atomic E-state index is 0.0438. The minimum absolute atomic E-state index is 0.0438. The first-order chi connectivity index (χ1) is 7.19. The second-order valence-corrected chi connectivity index (χ2v) is 3.58. The van der Waals surface area contributed by atoms with Gasteiger partial charge in [-0.3, -0.25) is 4.79 Å². The smallest absolute Gasteiger partial charge is 0.240 e. The molecule has 0 spiro atoms. The second kappa shape index (κ2) is 5.73. The predicted molar refractivity (Wildman–Crippen MR) is 63.4 cm³/mol. The first kappa shape index (κ1) is 12.0. The highest BCUT2D eigenvalue weighted by Crippen LogP contribution is 2.19. The average molecular weight is 227 g/mol. The van der Waals surface area contributed by atoms with Gasteiger partial charge in [-0.15, -0.1) is 0 Å². The molecule has 0 radical (unpaired) electrons. The van der Waals surface area contributed by atoms with Crippen molar-refractivity contribution in [2.45, 2.75) is 6.92 Å². The normalized spacial score (nSPS) is 10.1. The molecule has 1 N–H and O–H groups in total. The van der Waals surface area contributed by atoms with E-state index in [1.54, 1.807) is 24.1 Å². The molecule has 0 aliphatic carbocycles. The van der Waals surface area contributed by atoms with Gasteiger partial charge >= 0.3 is 0 Å². The van der Waals surface area contributed by atoms with Gasteiger partial charge < -0.3 is 10.2 Å². The van der Waals surface area contributed by atoms with E-state index in [0.29, 0.717) is 18.1 Å². The van der Waals surface area contributed by atoms with Crippen molar-refractivity contribution in [1.82, 2.24) is 5.32 Å². The van der Waals surface area contributed by atoms with Gasteiger partial charge in [0, 0.05) is 17.3 Å². The lowest BCUT2D eigenvalue weighted by atomic mass is 10.3. The molecule has 0 saturated heterocycles. The topological polar surface area (TPSA) is 32.3 Å². The molecule has 0 fully saturated rings. The molecule has 1 rings (SSSR count). The molecule has 4 heteroatoms. The average Bonchev–Trinajstić information content (AvgIpc) is 2.19. The molecule has 1 aromatic carbocycles. The zero-order valence-corrected chi connectivity index (χ0v) is 9.71. The van der Waals surface area contributed by atoms with Gasteiger partial charge in [-0.25, -0.2) is 0 Å². The number of nitrogens with zero attached hydrogens (tertiary/aromatic N) is 1. The van der Waals surface area contributed by atoms with E-state index in [-0.39, 0.29) is 5.91 Å². The van der Waals surface area contributed by atoms with Gasteiger partial charge in [-0.05, 0) is 32.2 Å². The zero-order valence-electron chi connectivity index (χ0n) is 8.96. The summed E-state index contributed by atoms with van der Waals surface area (Å²) < 4.78 is 0. The summed E-state index contributed by atoms with van der Waals surface area (Å²) in [6, 6.07) is 7.30. The predicted octanol–water partition coefficient (Wildman–Crippen LogP) is 1.91. The maximum atomic E-state index is 11.7. The van der Waals surface area contributed by atoms with E-state index in [2.05, 4.69) is 5.32 Å². The third-order valence-corrected chi connectivity index (χ3v) is 2.30. The van der Waals surface area contributed by atoms with Crippen LogP contribution in [0, 0.1) is 0 Å². The molecule has 3 nitrogen and oxygen atoms in total. The van der Waals surface area contributed by atoms with Crippen LogP contribution >= 0.6 is 11.6 Å². The fourth-order valence-corrected chi connectivity index (χ4v) is 1.58. The Balaban J connectivity index is 2.87. The fraction of sp³-hybridized carbons (Fsp3) is 0.364. The largest absolute Gasteiger partial charge is 0.312 e. The van der Waals surface area contributed by atoms with Crippen LogP contribution in [-0.2, 0) is 4.79 Å². The van der Waals surface area contributed by atoms with Gasteiger partial charge in [-0.1, -0.05) is 17.7 Å². The number of hydrogen-bond donors (Lipinski definition) is 1. The summed E-state index contributed by atoms with van der Waals surface area (Å²) in [5, 5.41) is 3.48. The van der Waals surface area contributed by atoms with Crippen LogP contribution in [0.5, 0.6) is 0 Å². The third kappa shape index (κ3) is 3.22. The van der Waals surface area contributed by atoms with E-state index in [0.717, 1.165) is 5.69 Å². The number of amides is 1.